The number of morpholine rings is 1. The van der Waals surface area contributed by atoms with Gasteiger partial charge in [-0.25, -0.2) is 9.97 Å². The second-order valence-corrected chi connectivity index (χ2v) is 9.06. The van der Waals surface area contributed by atoms with Crippen LogP contribution in [0.1, 0.15) is 10.4 Å². The Bertz CT molecular complexity index is 1630. The van der Waals surface area contributed by atoms with E-state index in [0.29, 0.717) is 43.4 Å². The first-order chi connectivity index (χ1) is 18.2. The van der Waals surface area contributed by atoms with Crippen molar-refractivity contribution >= 4 is 46.0 Å². The Labute approximate surface area is 220 Å². The SMILES string of the molecule is Cn1cnc2c(c(-c3cc(C(N)=O)c(O)cn3)cn2CC(=O)Nc2cc(N3CCOCC3)ncc2Cl)c1=O. The number of carbonyl (C=O) groups is 2. The summed E-state index contributed by atoms with van der Waals surface area (Å²) in [6.07, 6.45) is 5.43. The highest BCUT2D eigenvalue weighted by atomic mass is 35.5. The Morgan fingerprint density at radius 3 is 2.68 bits per heavy atom. The smallest absolute Gasteiger partial charge is 0.263 e. The lowest BCUT2D eigenvalue weighted by Crippen LogP contribution is -2.36. The van der Waals surface area contributed by atoms with Crippen molar-refractivity contribution in [2.24, 2.45) is 12.8 Å². The predicted octanol–water partition coefficient (Wildman–Crippen LogP) is 1.13. The quantitative estimate of drug-likeness (QED) is 0.325. The molecule has 0 unspecified atom stereocenters. The molecule has 4 N–H and O–H groups in total. The van der Waals surface area contributed by atoms with Gasteiger partial charge in [-0.05, 0) is 6.07 Å². The van der Waals surface area contributed by atoms with Gasteiger partial charge in [0, 0.05) is 38.0 Å². The molecule has 13 nitrogen and oxygen atoms in total. The van der Waals surface area contributed by atoms with E-state index in [1.165, 1.54) is 33.9 Å². The Morgan fingerprint density at radius 2 is 1.95 bits per heavy atom. The third kappa shape index (κ3) is 4.76. The van der Waals surface area contributed by atoms with Crippen LogP contribution in [0.2, 0.25) is 5.02 Å². The number of hydrogen-bond donors (Lipinski definition) is 3. The van der Waals surface area contributed by atoms with Crippen molar-refractivity contribution in [2.75, 3.05) is 36.5 Å². The molecular weight excluding hydrogens is 516 g/mol. The molecule has 0 aliphatic carbocycles. The van der Waals surface area contributed by atoms with Crippen LogP contribution >= 0.6 is 11.6 Å². The Hall–Kier alpha value is -4.49. The fourth-order valence-electron chi connectivity index (χ4n) is 4.21. The number of rotatable bonds is 6. The van der Waals surface area contributed by atoms with Crippen LogP contribution in [0.15, 0.2) is 41.8 Å². The van der Waals surface area contributed by atoms with Gasteiger partial charge in [0.1, 0.15) is 23.8 Å². The lowest BCUT2D eigenvalue weighted by Gasteiger charge is -2.28. The molecule has 1 aliphatic heterocycles. The molecule has 4 aromatic rings. The number of amides is 2. The van der Waals surface area contributed by atoms with Crippen molar-refractivity contribution in [2.45, 2.75) is 6.54 Å². The van der Waals surface area contributed by atoms with Crippen LogP contribution < -0.4 is 21.5 Å². The van der Waals surface area contributed by atoms with E-state index in [1.807, 2.05) is 4.90 Å². The van der Waals surface area contributed by atoms with Crippen molar-refractivity contribution in [3.8, 4) is 17.0 Å². The molecule has 5 heterocycles. The Balaban J connectivity index is 1.49. The van der Waals surface area contributed by atoms with Gasteiger partial charge in [-0.3, -0.25) is 19.4 Å². The van der Waals surface area contributed by atoms with E-state index in [1.54, 1.807) is 13.1 Å². The minimum absolute atomic E-state index is 0.155. The van der Waals surface area contributed by atoms with Gasteiger partial charge in [-0.1, -0.05) is 11.6 Å². The number of carbonyl (C=O) groups excluding carboxylic acids is 2. The van der Waals surface area contributed by atoms with Crippen LogP contribution in [-0.2, 0) is 23.1 Å². The largest absolute Gasteiger partial charge is 0.505 e. The first kappa shape index (κ1) is 25.2. The summed E-state index contributed by atoms with van der Waals surface area (Å²) in [7, 11) is 1.54. The van der Waals surface area contributed by atoms with Crippen molar-refractivity contribution in [3.05, 3.63) is 58.0 Å². The second kappa shape index (κ2) is 10.1. The zero-order chi connectivity index (χ0) is 27.0. The molecule has 0 spiro atoms. The number of aromatic hydroxyl groups is 1. The minimum atomic E-state index is -0.856. The summed E-state index contributed by atoms with van der Waals surface area (Å²) in [5.74, 6) is -1.00. The number of pyridine rings is 2. The number of fused-ring (bicyclic) bond motifs is 1. The molecule has 38 heavy (non-hydrogen) atoms. The molecule has 1 saturated heterocycles. The van der Waals surface area contributed by atoms with Crippen molar-refractivity contribution in [3.63, 3.8) is 0 Å². The van der Waals surface area contributed by atoms with Gasteiger partial charge in [-0.15, -0.1) is 0 Å². The zero-order valence-electron chi connectivity index (χ0n) is 20.2. The van der Waals surface area contributed by atoms with E-state index >= 15 is 0 Å². The Kier molecular flexibility index (Phi) is 6.70. The summed E-state index contributed by atoms with van der Waals surface area (Å²) in [5, 5.41) is 13.2. The third-order valence-electron chi connectivity index (χ3n) is 6.13. The number of ether oxygens (including phenoxy) is 1. The number of primary amides is 1. The highest BCUT2D eigenvalue weighted by Crippen LogP contribution is 2.30. The molecule has 4 aromatic heterocycles. The Morgan fingerprint density at radius 1 is 1.18 bits per heavy atom. The van der Waals surface area contributed by atoms with Gasteiger partial charge in [-0.2, -0.15) is 0 Å². The number of anilines is 2. The summed E-state index contributed by atoms with van der Waals surface area (Å²) in [4.78, 5) is 52.7. The van der Waals surface area contributed by atoms with E-state index in [-0.39, 0.29) is 45.2 Å². The highest BCUT2D eigenvalue weighted by Gasteiger charge is 2.21. The van der Waals surface area contributed by atoms with Gasteiger partial charge in [0.05, 0.1) is 59.3 Å². The molecule has 0 radical (unpaired) electrons. The molecule has 196 valence electrons. The first-order valence-electron chi connectivity index (χ1n) is 11.5. The number of nitrogens with two attached hydrogens (primary N) is 1. The van der Waals surface area contributed by atoms with Crippen LogP contribution in [0.5, 0.6) is 5.75 Å². The number of halogens is 1. The number of nitrogens with zero attached hydrogens (tertiary/aromatic N) is 6. The van der Waals surface area contributed by atoms with Crippen LogP contribution in [0.3, 0.4) is 0 Å². The van der Waals surface area contributed by atoms with Crippen LogP contribution in [0, 0.1) is 0 Å². The first-order valence-corrected chi connectivity index (χ1v) is 11.9. The number of aromatic nitrogens is 5. The summed E-state index contributed by atoms with van der Waals surface area (Å²) in [6, 6.07) is 2.98. The lowest BCUT2D eigenvalue weighted by molar-refractivity contribution is -0.116. The minimum Gasteiger partial charge on any atom is -0.505 e. The van der Waals surface area contributed by atoms with Crippen LogP contribution in [0.4, 0.5) is 11.5 Å². The summed E-state index contributed by atoms with van der Waals surface area (Å²) in [5.41, 5.74) is 5.97. The number of nitrogens with one attached hydrogen (secondary N) is 1. The predicted molar refractivity (Wildman–Crippen MR) is 139 cm³/mol. The van der Waals surface area contributed by atoms with Crippen LogP contribution in [0.25, 0.3) is 22.3 Å². The van der Waals surface area contributed by atoms with E-state index in [0.717, 1.165) is 6.20 Å². The zero-order valence-corrected chi connectivity index (χ0v) is 21.0. The molecule has 5 rings (SSSR count). The summed E-state index contributed by atoms with van der Waals surface area (Å²) < 4.78 is 8.16. The standard InChI is InChI=1S/C24H23ClN8O5/c1-31-12-29-23-21(24(31)37)14(16-6-13(22(26)36)18(34)9-27-16)10-33(23)11-20(35)30-17-7-19(28-8-15(17)25)32-2-4-38-5-3-32/h6-10,12,34H,2-5,11H2,1H3,(H2,26,36)(H,28,30,35). The molecule has 2 amide bonds. The molecule has 1 fully saturated rings. The van der Waals surface area contributed by atoms with Crippen molar-refractivity contribution in [1.29, 1.82) is 0 Å². The number of hydrogen-bond acceptors (Lipinski definition) is 9. The van der Waals surface area contributed by atoms with E-state index in [9.17, 15) is 19.5 Å². The van der Waals surface area contributed by atoms with Gasteiger partial charge < -0.3 is 34.9 Å². The van der Waals surface area contributed by atoms with Gasteiger partial charge in [0.25, 0.3) is 11.5 Å². The second-order valence-electron chi connectivity index (χ2n) is 8.65. The molecular formula is C24H23ClN8O5. The average molecular weight is 539 g/mol. The maximum absolute atomic E-state index is 13.1. The fraction of sp³-hybridized carbons (Fsp3) is 0.250. The monoisotopic (exact) mass is 538 g/mol. The summed E-state index contributed by atoms with van der Waals surface area (Å²) in [6.45, 7) is 2.30. The van der Waals surface area contributed by atoms with Gasteiger partial charge in [0.15, 0.2) is 0 Å². The van der Waals surface area contributed by atoms with Gasteiger partial charge in [0.2, 0.25) is 5.91 Å². The average Bonchev–Trinajstić information content (AvgIpc) is 3.26. The van der Waals surface area contributed by atoms with E-state index in [2.05, 4.69) is 20.3 Å². The molecule has 0 aromatic carbocycles. The lowest BCUT2D eigenvalue weighted by atomic mass is 10.1. The highest BCUT2D eigenvalue weighted by molar-refractivity contribution is 6.33. The normalized spacial score (nSPS) is 13.6. The molecule has 14 heteroatoms. The maximum Gasteiger partial charge on any atom is 0.263 e. The maximum atomic E-state index is 13.1. The fourth-order valence-corrected chi connectivity index (χ4v) is 4.36. The topological polar surface area (TPSA) is 170 Å². The van der Waals surface area contributed by atoms with E-state index in [4.69, 9.17) is 22.1 Å². The van der Waals surface area contributed by atoms with Crippen molar-refractivity contribution in [1.82, 2.24) is 24.1 Å². The van der Waals surface area contributed by atoms with Crippen molar-refractivity contribution < 1.29 is 19.4 Å². The molecule has 0 saturated carbocycles. The van der Waals surface area contributed by atoms with Gasteiger partial charge >= 0.3 is 0 Å². The third-order valence-corrected chi connectivity index (χ3v) is 6.43. The number of aryl methyl sites for hydroxylation is 1. The molecule has 0 atom stereocenters. The molecule has 1 aliphatic rings. The van der Waals surface area contributed by atoms with Crippen LogP contribution in [-0.4, -0.2) is 67.3 Å². The summed E-state index contributed by atoms with van der Waals surface area (Å²) >= 11 is 6.30. The van der Waals surface area contributed by atoms with E-state index < -0.39 is 11.8 Å². The molecule has 0 bridgehead atoms.